The molecule has 21 heavy (non-hydrogen) atoms. The smallest absolute Gasteiger partial charge is 0.224 e. The number of carbonyl (C=O) groups is 1. The van der Waals surface area contributed by atoms with Crippen LogP contribution in [0.15, 0.2) is 18.3 Å². The van der Waals surface area contributed by atoms with E-state index < -0.39 is 0 Å². The Hall–Kier alpha value is -1.58. The molecule has 0 radical (unpaired) electrons. The SMILES string of the molecule is CCCCCCCCCCCC(=O)Nc1ccc(N)nc1. The van der Waals surface area contributed by atoms with Crippen molar-refractivity contribution in [2.45, 2.75) is 71.1 Å². The van der Waals surface area contributed by atoms with Crippen molar-refractivity contribution in [3.05, 3.63) is 18.3 Å². The number of hydrogen-bond acceptors (Lipinski definition) is 3. The molecule has 1 heterocycles. The summed E-state index contributed by atoms with van der Waals surface area (Å²) in [5, 5.41) is 2.84. The summed E-state index contributed by atoms with van der Waals surface area (Å²) in [6.07, 6.45) is 13.5. The first-order valence-electron chi connectivity index (χ1n) is 8.23. The Balaban J connectivity index is 1.97. The minimum atomic E-state index is 0.0597. The molecule has 1 amide bonds. The molecule has 0 bridgehead atoms. The van der Waals surface area contributed by atoms with E-state index in [1.54, 1.807) is 18.3 Å². The third kappa shape index (κ3) is 9.05. The maximum Gasteiger partial charge on any atom is 0.224 e. The van der Waals surface area contributed by atoms with Gasteiger partial charge < -0.3 is 11.1 Å². The van der Waals surface area contributed by atoms with Crippen molar-refractivity contribution in [2.75, 3.05) is 11.1 Å². The zero-order valence-corrected chi connectivity index (χ0v) is 13.2. The van der Waals surface area contributed by atoms with Crippen molar-refractivity contribution in [3.8, 4) is 0 Å². The van der Waals surface area contributed by atoms with Gasteiger partial charge in [-0.3, -0.25) is 4.79 Å². The van der Waals surface area contributed by atoms with Gasteiger partial charge in [-0.1, -0.05) is 58.3 Å². The van der Waals surface area contributed by atoms with Gasteiger partial charge in [0.25, 0.3) is 0 Å². The summed E-state index contributed by atoms with van der Waals surface area (Å²) in [5.41, 5.74) is 6.21. The summed E-state index contributed by atoms with van der Waals surface area (Å²) in [5.74, 6) is 0.524. The fourth-order valence-corrected chi connectivity index (χ4v) is 2.30. The van der Waals surface area contributed by atoms with Crippen LogP contribution in [0.5, 0.6) is 0 Å². The van der Waals surface area contributed by atoms with Crippen molar-refractivity contribution in [3.63, 3.8) is 0 Å². The lowest BCUT2D eigenvalue weighted by atomic mass is 10.1. The summed E-state index contributed by atoms with van der Waals surface area (Å²) in [6, 6.07) is 3.46. The number of nitrogen functional groups attached to an aromatic ring is 1. The predicted octanol–water partition coefficient (Wildman–Crippen LogP) is 4.52. The predicted molar refractivity (Wildman–Crippen MR) is 89.1 cm³/mol. The van der Waals surface area contributed by atoms with Gasteiger partial charge in [0.05, 0.1) is 11.9 Å². The van der Waals surface area contributed by atoms with Crippen LogP contribution in [0.3, 0.4) is 0 Å². The molecule has 0 aliphatic rings. The number of rotatable bonds is 11. The summed E-state index contributed by atoms with van der Waals surface area (Å²) in [6.45, 7) is 2.24. The van der Waals surface area contributed by atoms with Gasteiger partial charge in [0.2, 0.25) is 5.91 Å². The van der Waals surface area contributed by atoms with Gasteiger partial charge in [-0.25, -0.2) is 4.98 Å². The second kappa shape index (κ2) is 11.1. The Morgan fingerprint density at radius 2 is 1.67 bits per heavy atom. The summed E-state index contributed by atoms with van der Waals surface area (Å²) >= 11 is 0. The van der Waals surface area contributed by atoms with Crippen molar-refractivity contribution in [1.29, 1.82) is 0 Å². The van der Waals surface area contributed by atoms with Crippen LogP contribution in [0.4, 0.5) is 11.5 Å². The second-order valence-corrected chi connectivity index (χ2v) is 5.60. The molecule has 1 rings (SSSR count). The fourth-order valence-electron chi connectivity index (χ4n) is 2.30. The Labute approximate surface area is 128 Å². The fraction of sp³-hybridized carbons (Fsp3) is 0.647. The highest BCUT2D eigenvalue weighted by Gasteiger charge is 2.02. The van der Waals surface area contributed by atoms with Crippen LogP contribution in [0, 0.1) is 0 Å². The van der Waals surface area contributed by atoms with E-state index in [2.05, 4.69) is 17.2 Å². The lowest BCUT2D eigenvalue weighted by Gasteiger charge is -2.05. The number of nitrogens with one attached hydrogen (secondary N) is 1. The van der Waals surface area contributed by atoms with Gasteiger partial charge in [0.15, 0.2) is 0 Å². The molecule has 0 fully saturated rings. The van der Waals surface area contributed by atoms with Gasteiger partial charge in [-0.15, -0.1) is 0 Å². The first-order valence-corrected chi connectivity index (χ1v) is 8.23. The third-order valence-corrected chi connectivity index (χ3v) is 3.58. The monoisotopic (exact) mass is 291 g/mol. The number of pyridine rings is 1. The highest BCUT2D eigenvalue weighted by atomic mass is 16.1. The topological polar surface area (TPSA) is 68.0 Å². The Morgan fingerprint density at radius 3 is 2.24 bits per heavy atom. The number of nitrogens with zero attached hydrogens (tertiary/aromatic N) is 1. The highest BCUT2D eigenvalue weighted by molar-refractivity contribution is 5.90. The molecule has 0 atom stereocenters. The Kier molecular flexibility index (Phi) is 9.25. The van der Waals surface area contributed by atoms with Crippen LogP contribution in [0.25, 0.3) is 0 Å². The molecule has 3 N–H and O–H groups in total. The quantitative estimate of drug-likeness (QED) is 0.589. The molecule has 1 aromatic rings. The molecule has 0 saturated heterocycles. The number of anilines is 2. The first-order chi connectivity index (χ1) is 10.2. The molecule has 118 valence electrons. The minimum absolute atomic E-state index is 0.0597. The van der Waals surface area contributed by atoms with Crippen molar-refractivity contribution in [1.82, 2.24) is 4.98 Å². The molecule has 0 aliphatic heterocycles. The van der Waals surface area contributed by atoms with Crippen LogP contribution in [-0.4, -0.2) is 10.9 Å². The van der Waals surface area contributed by atoms with Crippen LogP contribution >= 0.6 is 0 Å². The zero-order valence-electron chi connectivity index (χ0n) is 13.2. The van der Waals surface area contributed by atoms with Crippen molar-refractivity contribution < 1.29 is 4.79 Å². The van der Waals surface area contributed by atoms with Crippen molar-refractivity contribution in [2.24, 2.45) is 0 Å². The summed E-state index contributed by atoms with van der Waals surface area (Å²) in [4.78, 5) is 15.7. The standard InChI is InChI=1S/C17H29N3O/c1-2-3-4-5-6-7-8-9-10-11-17(21)20-15-12-13-16(18)19-14-15/h12-14H,2-11H2,1H3,(H2,18,19)(H,20,21). The lowest BCUT2D eigenvalue weighted by Crippen LogP contribution is -2.11. The van der Waals surface area contributed by atoms with Gasteiger partial charge in [0, 0.05) is 6.42 Å². The van der Waals surface area contributed by atoms with Gasteiger partial charge in [0.1, 0.15) is 5.82 Å². The molecule has 0 spiro atoms. The van der Waals surface area contributed by atoms with E-state index in [0.29, 0.717) is 17.9 Å². The highest BCUT2D eigenvalue weighted by Crippen LogP contribution is 2.12. The van der Waals surface area contributed by atoms with E-state index in [9.17, 15) is 4.79 Å². The van der Waals surface area contributed by atoms with E-state index in [0.717, 1.165) is 12.8 Å². The molecule has 0 unspecified atom stereocenters. The molecular formula is C17H29N3O. The second-order valence-electron chi connectivity index (χ2n) is 5.60. The molecular weight excluding hydrogens is 262 g/mol. The average molecular weight is 291 g/mol. The maximum absolute atomic E-state index is 11.7. The van der Waals surface area contributed by atoms with Crippen LogP contribution in [0.1, 0.15) is 71.1 Å². The molecule has 1 aromatic heterocycles. The molecule has 4 heteroatoms. The van der Waals surface area contributed by atoms with Crippen molar-refractivity contribution >= 4 is 17.4 Å². The maximum atomic E-state index is 11.7. The van der Waals surface area contributed by atoms with Crippen LogP contribution < -0.4 is 11.1 Å². The largest absolute Gasteiger partial charge is 0.384 e. The number of unbranched alkanes of at least 4 members (excludes halogenated alkanes) is 8. The molecule has 0 aliphatic carbocycles. The molecule has 4 nitrogen and oxygen atoms in total. The van der Waals surface area contributed by atoms with E-state index in [1.807, 2.05) is 0 Å². The average Bonchev–Trinajstić information content (AvgIpc) is 2.48. The normalized spacial score (nSPS) is 10.5. The van der Waals surface area contributed by atoms with E-state index in [4.69, 9.17) is 5.73 Å². The van der Waals surface area contributed by atoms with Crippen LogP contribution in [-0.2, 0) is 4.79 Å². The van der Waals surface area contributed by atoms with E-state index in [-0.39, 0.29) is 5.91 Å². The third-order valence-electron chi connectivity index (χ3n) is 3.58. The van der Waals surface area contributed by atoms with Gasteiger partial charge in [-0.2, -0.15) is 0 Å². The Morgan fingerprint density at radius 1 is 1.05 bits per heavy atom. The van der Waals surface area contributed by atoms with Gasteiger partial charge in [-0.05, 0) is 18.6 Å². The van der Waals surface area contributed by atoms with E-state index >= 15 is 0 Å². The number of nitrogens with two attached hydrogens (primary N) is 1. The minimum Gasteiger partial charge on any atom is -0.384 e. The number of amides is 1. The lowest BCUT2D eigenvalue weighted by molar-refractivity contribution is -0.116. The van der Waals surface area contributed by atoms with Crippen LogP contribution in [0.2, 0.25) is 0 Å². The molecule has 0 saturated carbocycles. The first kappa shape index (κ1) is 17.5. The number of hydrogen-bond donors (Lipinski definition) is 2. The molecule has 0 aromatic carbocycles. The van der Waals surface area contributed by atoms with Gasteiger partial charge >= 0.3 is 0 Å². The summed E-state index contributed by atoms with van der Waals surface area (Å²) in [7, 11) is 0. The van der Waals surface area contributed by atoms with E-state index in [1.165, 1.54) is 44.9 Å². The number of carbonyl (C=O) groups excluding carboxylic acids is 1. The summed E-state index contributed by atoms with van der Waals surface area (Å²) < 4.78 is 0. The zero-order chi connectivity index (χ0) is 15.3. The number of aromatic nitrogens is 1. The Bertz CT molecular complexity index is 390.